The topological polar surface area (TPSA) is 96.7 Å². The highest BCUT2D eigenvalue weighted by Crippen LogP contribution is 2.22. The number of aromatic nitrogens is 4. The van der Waals surface area contributed by atoms with E-state index in [4.69, 9.17) is 4.52 Å². The number of hydrogen-bond acceptors (Lipinski definition) is 5. The van der Waals surface area contributed by atoms with Crippen molar-refractivity contribution < 1.29 is 9.32 Å². The molecule has 1 amide bonds. The molecule has 0 unspecified atom stereocenters. The molecule has 0 saturated carbocycles. The van der Waals surface area contributed by atoms with Crippen LogP contribution in [-0.2, 0) is 24.2 Å². The Morgan fingerprint density at radius 3 is 3.32 bits per heavy atom. The number of nitrogens with one attached hydrogen (secondary N) is 2. The van der Waals surface area contributed by atoms with Crippen LogP contribution in [0.1, 0.15) is 29.5 Å². The average Bonchev–Trinajstić information content (AvgIpc) is 3.03. The number of H-pyrrole nitrogens is 1. The van der Waals surface area contributed by atoms with Crippen molar-refractivity contribution in [1.82, 2.24) is 25.4 Å². The molecule has 0 aliphatic heterocycles. The molecule has 0 saturated heterocycles. The summed E-state index contributed by atoms with van der Waals surface area (Å²) in [5.74, 6) is 1.01. The van der Waals surface area contributed by atoms with Gasteiger partial charge in [-0.3, -0.25) is 4.79 Å². The van der Waals surface area contributed by atoms with Gasteiger partial charge in [0.15, 0.2) is 5.82 Å². The maximum absolute atomic E-state index is 12.1. The fourth-order valence-electron chi connectivity index (χ4n) is 2.34. The summed E-state index contributed by atoms with van der Waals surface area (Å²) >= 11 is 0. The van der Waals surface area contributed by atoms with Gasteiger partial charge in [0.25, 0.3) is 0 Å². The van der Waals surface area contributed by atoms with Crippen molar-refractivity contribution in [2.75, 3.05) is 0 Å². The van der Waals surface area contributed by atoms with Gasteiger partial charge in [-0.1, -0.05) is 5.16 Å². The highest BCUT2D eigenvalue weighted by Gasteiger charge is 2.26. The van der Waals surface area contributed by atoms with Crippen LogP contribution in [0.2, 0.25) is 0 Å². The van der Waals surface area contributed by atoms with Gasteiger partial charge in [0, 0.05) is 18.0 Å². The van der Waals surface area contributed by atoms with E-state index in [2.05, 4.69) is 25.4 Å². The highest BCUT2D eigenvalue weighted by molar-refractivity contribution is 5.79. The third-order valence-corrected chi connectivity index (χ3v) is 3.34. The fraction of sp³-hybridized carbons (Fsp3) is 0.500. The summed E-state index contributed by atoms with van der Waals surface area (Å²) in [4.78, 5) is 23.4. The van der Waals surface area contributed by atoms with Gasteiger partial charge in [0.2, 0.25) is 11.8 Å². The van der Waals surface area contributed by atoms with Crippen LogP contribution in [0.25, 0.3) is 0 Å². The summed E-state index contributed by atoms with van der Waals surface area (Å²) in [6.07, 6.45) is 4.07. The lowest BCUT2D eigenvalue weighted by molar-refractivity contribution is -0.125. The van der Waals surface area contributed by atoms with Crippen LogP contribution in [0.4, 0.5) is 0 Å². The highest BCUT2D eigenvalue weighted by atomic mass is 16.5. The second kappa shape index (κ2) is 4.83. The minimum absolute atomic E-state index is 0.0167. The molecule has 1 aliphatic rings. The SMILES string of the molecule is Cc1noc(CNC(=O)[C@@H]2CCc3nc[nH]c3C2)n1. The molecule has 2 N–H and O–H groups in total. The van der Waals surface area contributed by atoms with Crippen LogP contribution in [0, 0.1) is 12.8 Å². The molecule has 0 fully saturated rings. The molecule has 0 spiro atoms. The fourth-order valence-corrected chi connectivity index (χ4v) is 2.34. The maximum atomic E-state index is 12.1. The van der Waals surface area contributed by atoms with E-state index in [-0.39, 0.29) is 18.4 Å². The number of amides is 1. The van der Waals surface area contributed by atoms with Gasteiger partial charge in [-0.25, -0.2) is 4.98 Å². The second-order valence-corrected chi connectivity index (χ2v) is 4.72. The second-order valence-electron chi connectivity index (χ2n) is 4.72. The number of aromatic amines is 1. The predicted molar refractivity (Wildman–Crippen MR) is 65.0 cm³/mol. The van der Waals surface area contributed by atoms with E-state index < -0.39 is 0 Å². The van der Waals surface area contributed by atoms with Crippen LogP contribution in [0.5, 0.6) is 0 Å². The minimum Gasteiger partial charge on any atom is -0.348 e. The van der Waals surface area contributed by atoms with E-state index in [9.17, 15) is 4.79 Å². The number of hydrogen-bond donors (Lipinski definition) is 2. The predicted octanol–water partition coefficient (Wildman–Crippen LogP) is 0.522. The van der Waals surface area contributed by atoms with Crippen LogP contribution in [0.3, 0.4) is 0 Å². The third-order valence-electron chi connectivity index (χ3n) is 3.34. The molecule has 0 bridgehead atoms. The molecule has 2 aromatic heterocycles. The molecule has 7 heteroatoms. The number of imidazole rings is 1. The number of carbonyl (C=O) groups is 1. The first-order chi connectivity index (χ1) is 9.22. The van der Waals surface area contributed by atoms with E-state index >= 15 is 0 Å². The van der Waals surface area contributed by atoms with Gasteiger partial charge < -0.3 is 14.8 Å². The van der Waals surface area contributed by atoms with Crippen molar-refractivity contribution >= 4 is 5.91 Å². The van der Waals surface area contributed by atoms with Crippen LogP contribution in [0.15, 0.2) is 10.9 Å². The van der Waals surface area contributed by atoms with Crippen molar-refractivity contribution in [2.24, 2.45) is 5.92 Å². The first kappa shape index (κ1) is 11.9. The van der Waals surface area contributed by atoms with Crippen molar-refractivity contribution in [3.8, 4) is 0 Å². The Kier molecular flexibility index (Phi) is 3.02. The Balaban J connectivity index is 1.57. The zero-order valence-corrected chi connectivity index (χ0v) is 10.6. The molecular weight excluding hydrogens is 246 g/mol. The minimum atomic E-state index is -0.0167. The van der Waals surface area contributed by atoms with E-state index in [1.165, 1.54) is 0 Å². The molecule has 1 aliphatic carbocycles. The van der Waals surface area contributed by atoms with Crippen molar-refractivity contribution in [3.63, 3.8) is 0 Å². The van der Waals surface area contributed by atoms with E-state index in [0.717, 1.165) is 24.2 Å². The Bertz CT molecular complexity index is 588. The number of carbonyl (C=O) groups excluding carboxylic acids is 1. The molecule has 2 aromatic rings. The van der Waals surface area contributed by atoms with Gasteiger partial charge in [0.05, 0.1) is 18.6 Å². The summed E-state index contributed by atoms with van der Waals surface area (Å²) in [6, 6.07) is 0. The van der Waals surface area contributed by atoms with Crippen molar-refractivity contribution in [2.45, 2.75) is 32.7 Å². The Morgan fingerprint density at radius 2 is 2.53 bits per heavy atom. The van der Waals surface area contributed by atoms with Crippen LogP contribution in [-0.4, -0.2) is 26.0 Å². The quantitative estimate of drug-likeness (QED) is 0.839. The smallest absolute Gasteiger partial charge is 0.246 e. The van der Waals surface area contributed by atoms with Gasteiger partial charge >= 0.3 is 0 Å². The van der Waals surface area contributed by atoms with Crippen molar-refractivity contribution in [1.29, 1.82) is 0 Å². The summed E-state index contributed by atoms with van der Waals surface area (Å²) in [5.41, 5.74) is 2.15. The number of fused-ring (bicyclic) bond motifs is 1. The average molecular weight is 261 g/mol. The molecule has 7 nitrogen and oxygen atoms in total. The molecule has 3 rings (SSSR count). The Morgan fingerprint density at radius 1 is 1.63 bits per heavy atom. The summed E-state index contributed by atoms with van der Waals surface area (Å²) in [6.45, 7) is 2.03. The first-order valence-electron chi connectivity index (χ1n) is 6.30. The Hall–Kier alpha value is -2.18. The molecule has 0 radical (unpaired) electrons. The zero-order valence-electron chi connectivity index (χ0n) is 10.6. The van der Waals surface area contributed by atoms with Crippen LogP contribution < -0.4 is 5.32 Å². The number of nitrogens with zero attached hydrogens (tertiary/aromatic N) is 3. The molecule has 2 heterocycles. The zero-order chi connectivity index (χ0) is 13.2. The van der Waals surface area contributed by atoms with Gasteiger partial charge in [-0.15, -0.1) is 0 Å². The number of rotatable bonds is 3. The normalized spacial score (nSPS) is 18.1. The number of aryl methyl sites for hydroxylation is 2. The first-order valence-corrected chi connectivity index (χ1v) is 6.30. The summed E-state index contributed by atoms with van der Waals surface area (Å²) in [7, 11) is 0. The molecular formula is C12H15N5O2. The Labute approximate surface area is 109 Å². The lowest BCUT2D eigenvalue weighted by Crippen LogP contribution is -2.33. The third kappa shape index (κ3) is 2.49. The van der Waals surface area contributed by atoms with Crippen molar-refractivity contribution in [3.05, 3.63) is 29.4 Å². The molecule has 19 heavy (non-hydrogen) atoms. The van der Waals surface area contributed by atoms with Gasteiger partial charge in [-0.2, -0.15) is 4.98 Å². The summed E-state index contributed by atoms with van der Waals surface area (Å²) < 4.78 is 4.95. The molecule has 0 aromatic carbocycles. The van der Waals surface area contributed by atoms with E-state index in [1.807, 2.05) is 0 Å². The lowest BCUT2D eigenvalue weighted by atomic mass is 9.89. The van der Waals surface area contributed by atoms with E-state index in [0.29, 0.717) is 18.1 Å². The molecule has 100 valence electrons. The largest absolute Gasteiger partial charge is 0.348 e. The standard InChI is InChI=1S/C12H15N5O2/c1-7-16-11(19-17-7)5-13-12(18)8-2-3-9-10(4-8)15-6-14-9/h6,8H,2-5H2,1H3,(H,13,18)(H,14,15)/t8-/m1/s1. The van der Waals surface area contributed by atoms with Gasteiger partial charge in [0.1, 0.15) is 0 Å². The monoisotopic (exact) mass is 261 g/mol. The maximum Gasteiger partial charge on any atom is 0.246 e. The van der Waals surface area contributed by atoms with Gasteiger partial charge in [-0.05, 0) is 19.8 Å². The molecule has 1 atom stereocenters. The van der Waals surface area contributed by atoms with Crippen LogP contribution >= 0.6 is 0 Å². The summed E-state index contributed by atoms with van der Waals surface area (Å²) in [5, 5.41) is 6.51. The lowest BCUT2D eigenvalue weighted by Gasteiger charge is -2.20. The van der Waals surface area contributed by atoms with E-state index in [1.54, 1.807) is 13.3 Å².